The highest BCUT2D eigenvalue weighted by Gasteiger charge is 2.23. The van der Waals surface area contributed by atoms with E-state index in [1.54, 1.807) is 10.7 Å². The second-order valence-electron chi connectivity index (χ2n) is 6.46. The van der Waals surface area contributed by atoms with Crippen molar-refractivity contribution >= 4 is 22.5 Å². The number of carbonyl (C=O) groups excluding carboxylic acids is 1. The van der Waals surface area contributed by atoms with Gasteiger partial charge in [-0.2, -0.15) is 5.10 Å². The molecule has 0 aliphatic carbocycles. The van der Waals surface area contributed by atoms with Gasteiger partial charge in [-0.15, -0.1) is 0 Å². The van der Waals surface area contributed by atoms with Gasteiger partial charge in [0, 0.05) is 17.6 Å². The quantitative estimate of drug-likeness (QED) is 0.724. The largest absolute Gasteiger partial charge is 0.311 e. The predicted molar refractivity (Wildman–Crippen MR) is 97.9 cm³/mol. The van der Waals surface area contributed by atoms with Gasteiger partial charge in [-0.25, -0.2) is 0 Å². The topological polar surface area (TPSA) is 55.2 Å². The SMILES string of the molecule is Cc1ccc2c(c1)CCCN2C(=O)Cn1ncc(=O)c2ccccc21. The first-order valence-electron chi connectivity index (χ1n) is 8.48. The smallest absolute Gasteiger partial charge is 0.248 e. The summed E-state index contributed by atoms with van der Waals surface area (Å²) in [7, 11) is 0. The molecule has 1 aromatic heterocycles. The van der Waals surface area contributed by atoms with Crippen molar-refractivity contribution in [2.75, 3.05) is 11.4 Å². The fourth-order valence-electron chi connectivity index (χ4n) is 3.49. The van der Waals surface area contributed by atoms with E-state index in [4.69, 9.17) is 0 Å². The third-order valence-corrected chi connectivity index (χ3v) is 4.70. The molecule has 1 aliphatic heterocycles. The van der Waals surface area contributed by atoms with Gasteiger partial charge >= 0.3 is 0 Å². The summed E-state index contributed by atoms with van der Waals surface area (Å²) < 4.78 is 1.61. The van der Waals surface area contributed by atoms with Crippen LogP contribution in [-0.4, -0.2) is 22.2 Å². The molecule has 1 amide bonds. The molecule has 1 aliphatic rings. The van der Waals surface area contributed by atoms with Gasteiger partial charge in [-0.1, -0.05) is 29.8 Å². The van der Waals surface area contributed by atoms with E-state index in [0.717, 1.165) is 18.5 Å². The summed E-state index contributed by atoms with van der Waals surface area (Å²) in [5.74, 6) is -0.00824. The molecule has 0 spiro atoms. The normalized spacial score (nSPS) is 13.7. The highest BCUT2D eigenvalue weighted by molar-refractivity contribution is 5.95. The van der Waals surface area contributed by atoms with Crippen LogP contribution < -0.4 is 10.3 Å². The van der Waals surface area contributed by atoms with Crippen LogP contribution in [0.4, 0.5) is 5.69 Å². The van der Waals surface area contributed by atoms with Crippen molar-refractivity contribution in [1.29, 1.82) is 0 Å². The maximum Gasteiger partial charge on any atom is 0.248 e. The average molecular weight is 333 g/mol. The van der Waals surface area contributed by atoms with Gasteiger partial charge in [0.15, 0.2) is 0 Å². The summed E-state index contributed by atoms with van der Waals surface area (Å²) in [5, 5.41) is 4.75. The lowest BCUT2D eigenvalue weighted by molar-refractivity contribution is -0.119. The molecule has 0 unspecified atom stereocenters. The highest BCUT2D eigenvalue weighted by Crippen LogP contribution is 2.28. The van der Waals surface area contributed by atoms with Gasteiger partial charge in [0.1, 0.15) is 6.54 Å². The zero-order valence-electron chi connectivity index (χ0n) is 14.1. The second-order valence-corrected chi connectivity index (χ2v) is 6.46. The molecular formula is C20H19N3O2. The molecule has 0 fully saturated rings. The van der Waals surface area contributed by atoms with Crippen molar-refractivity contribution in [3.63, 3.8) is 0 Å². The minimum atomic E-state index is -0.127. The molecule has 126 valence electrons. The molecule has 4 rings (SSSR count). The molecular weight excluding hydrogens is 314 g/mol. The van der Waals surface area contributed by atoms with Crippen LogP contribution >= 0.6 is 0 Å². The number of aryl methyl sites for hydroxylation is 2. The number of aromatic nitrogens is 2. The van der Waals surface area contributed by atoms with Crippen LogP contribution in [0.2, 0.25) is 0 Å². The maximum absolute atomic E-state index is 12.9. The lowest BCUT2D eigenvalue weighted by Crippen LogP contribution is -2.38. The third kappa shape index (κ3) is 2.82. The molecule has 0 saturated carbocycles. The molecule has 0 radical (unpaired) electrons. The van der Waals surface area contributed by atoms with E-state index in [0.29, 0.717) is 17.4 Å². The van der Waals surface area contributed by atoms with E-state index in [9.17, 15) is 9.59 Å². The number of anilines is 1. The first kappa shape index (κ1) is 15.6. The fourth-order valence-corrected chi connectivity index (χ4v) is 3.49. The Bertz CT molecular complexity index is 1020. The van der Waals surface area contributed by atoms with Gasteiger partial charge < -0.3 is 4.90 Å². The van der Waals surface area contributed by atoms with Crippen molar-refractivity contribution in [2.24, 2.45) is 0 Å². The molecule has 0 saturated heterocycles. The molecule has 2 aromatic carbocycles. The Hall–Kier alpha value is -2.95. The molecule has 25 heavy (non-hydrogen) atoms. The van der Waals surface area contributed by atoms with Gasteiger partial charge in [0.25, 0.3) is 0 Å². The minimum absolute atomic E-state index is 0.00824. The van der Waals surface area contributed by atoms with Crippen LogP contribution in [0.5, 0.6) is 0 Å². The number of nitrogens with zero attached hydrogens (tertiary/aromatic N) is 3. The predicted octanol–water partition coefficient (Wildman–Crippen LogP) is 2.68. The Morgan fingerprint density at radius 1 is 1.20 bits per heavy atom. The van der Waals surface area contributed by atoms with Crippen LogP contribution in [0.15, 0.2) is 53.5 Å². The Balaban J connectivity index is 1.68. The summed E-state index contributed by atoms with van der Waals surface area (Å²) in [6, 6.07) is 13.5. The van der Waals surface area contributed by atoms with Crippen LogP contribution in [0.1, 0.15) is 17.5 Å². The van der Waals surface area contributed by atoms with Crippen molar-refractivity contribution in [2.45, 2.75) is 26.3 Å². The maximum atomic E-state index is 12.9. The van der Waals surface area contributed by atoms with Crippen LogP contribution in [0.25, 0.3) is 10.9 Å². The van der Waals surface area contributed by atoms with Crippen molar-refractivity contribution in [1.82, 2.24) is 9.78 Å². The number of hydrogen-bond acceptors (Lipinski definition) is 3. The zero-order chi connectivity index (χ0) is 17.4. The number of benzene rings is 2. The van der Waals surface area contributed by atoms with Crippen molar-refractivity contribution < 1.29 is 4.79 Å². The number of carbonyl (C=O) groups is 1. The van der Waals surface area contributed by atoms with E-state index in [-0.39, 0.29) is 17.9 Å². The standard InChI is InChI=1S/C20H19N3O2/c1-14-8-9-17-15(11-14)5-4-10-22(17)20(25)13-23-18-7-3-2-6-16(18)19(24)12-21-23/h2-3,6-9,11-12H,4-5,10,13H2,1H3. The number of fused-ring (bicyclic) bond motifs is 2. The lowest BCUT2D eigenvalue weighted by Gasteiger charge is -2.30. The van der Waals surface area contributed by atoms with Crippen molar-refractivity contribution in [3.8, 4) is 0 Å². The zero-order valence-corrected chi connectivity index (χ0v) is 14.1. The fraction of sp³-hybridized carbons (Fsp3) is 0.250. The van der Waals surface area contributed by atoms with Gasteiger partial charge in [0.05, 0.1) is 11.7 Å². The minimum Gasteiger partial charge on any atom is -0.311 e. The van der Waals surface area contributed by atoms with E-state index in [2.05, 4.69) is 18.1 Å². The summed E-state index contributed by atoms with van der Waals surface area (Å²) >= 11 is 0. The van der Waals surface area contributed by atoms with E-state index >= 15 is 0 Å². The average Bonchev–Trinajstić information content (AvgIpc) is 2.63. The van der Waals surface area contributed by atoms with Gasteiger partial charge in [-0.3, -0.25) is 14.3 Å². The molecule has 5 heteroatoms. The van der Waals surface area contributed by atoms with Gasteiger partial charge in [0.2, 0.25) is 11.3 Å². The molecule has 0 atom stereocenters. The summed E-state index contributed by atoms with van der Waals surface area (Å²) in [4.78, 5) is 26.7. The van der Waals surface area contributed by atoms with Gasteiger partial charge in [-0.05, 0) is 43.5 Å². The number of hydrogen-bond donors (Lipinski definition) is 0. The second kappa shape index (κ2) is 6.16. The Morgan fingerprint density at radius 3 is 2.92 bits per heavy atom. The summed E-state index contributed by atoms with van der Waals surface area (Å²) in [6.07, 6.45) is 3.24. The highest BCUT2D eigenvalue weighted by atomic mass is 16.2. The molecule has 3 aromatic rings. The van der Waals surface area contributed by atoms with E-state index in [1.165, 1.54) is 17.3 Å². The van der Waals surface area contributed by atoms with Crippen LogP contribution in [-0.2, 0) is 17.8 Å². The summed E-state index contributed by atoms with van der Waals surface area (Å²) in [6.45, 7) is 2.90. The third-order valence-electron chi connectivity index (χ3n) is 4.70. The van der Waals surface area contributed by atoms with Crippen molar-refractivity contribution in [3.05, 3.63) is 70.0 Å². The Morgan fingerprint density at radius 2 is 2.04 bits per heavy atom. The molecule has 0 bridgehead atoms. The monoisotopic (exact) mass is 333 g/mol. The Labute approximate surface area is 145 Å². The molecule has 2 heterocycles. The van der Waals surface area contributed by atoms with E-state index in [1.807, 2.05) is 35.2 Å². The lowest BCUT2D eigenvalue weighted by atomic mass is 9.99. The van der Waals surface area contributed by atoms with Crippen LogP contribution in [0, 0.1) is 6.92 Å². The first-order valence-corrected chi connectivity index (χ1v) is 8.48. The number of rotatable bonds is 2. The number of amides is 1. The number of para-hydroxylation sites is 1. The van der Waals surface area contributed by atoms with E-state index < -0.39 is 0 Å². The molecule has 5 nitrogen and oxygen atoms in total. The Kier molecular flexibility index (Phi) is 3.84. The summed E-state index contributed by atoms with van der Waals surface area (Å²) in [5.41, 5.74) is 3.98. The molecule has 0 N–H and O–H groups in total. The van der Waals surface area contributed by atoms with Crippen LogP contribution in [0.3, 0.4) is 0 Å². The first-order chi connectivity index (χ1) is 12.1.